The third kappa shape index (κ3) is 3.19. The molecule has 0 aliphatic rings. The third-order valence-corrected chi connectivity index (χ3v) is 2.92. The van der Waals surface area contributed by atoms with Crippen LogP contribution in [0.4, 0.5) is 4.79 Å². The maximum atomic E-state index is 11.2. The lowest BCUT2D eigenvalue weighted by Crippen LogP contribution is -2.44. The van der Waals surface area contributed by atoms with Gasteiger partial charge in [-0.05, 0) is 28.7 Å². The first-order valence-corrected chi connectivity index (χ1v) is 5.15. The summed E-state index contributed by atoms with van der Waals surface area (Å²) >= 11 is 3.55. The van der Waals surface area contributed by atoms with Gasteiger partial charge in [0.05, 0.1) is 8.45 Å². The van der Waals surface area contributed by atoms with Crippen LogP contribution in [0, 0.1) is 2.88 Å². The first-order valence-electron chi connectivity index (χ1n) is 3.19. The van der Waals surface area contributed by atoms with E-state index in [4.69, 9.17) is 5.73 Å². The van der Waals surface area contributed by atoms with Crippen molar-refractivity contribution in [2.75, 3.05) is 0 Å². The summed E-state index contributed by atoms with van der Waals surface area (Å²) in [6.45, 7) is 0. The Morgan fingerprint density at radius 2 is 2.15 bits per heavy atom. The summed E-state index contributed by atoms with van der Waals surface area (Å²) in [5, 5.41) is 1.69. The average molecular weight is 311 g/mol. The Labute approximate surface area is 91.8 Å². The molecule has 0 radical (unpaired) electrons. The van der Waals surface area contributed by atoms with Crippen molar-refractivity contribution in [3.05, 3.63) is 19.9 Å². The van der Waals surface area contributed by atoms with Crippen LogP contribution < -0.4 is 16.6 Å². The molecule has 4 N–H and O–H groups in total. The molecule has 0 saturated heterocycles. The highest BCUT2D eigenvalue weighted by Crippen LogP contribution is 2.15. The van der Waals surface area contributed by atoms with Gasteiger partial charge in [0.15, 0.2) is 0 Å². The molecule has 3 amide bonds. The number of nitrogens with one attached hydrogen (secondary N) is 2. The molecule has 0 bridgehead atoms. The Morgan fingerprint density at radius 3 is 2.62 bits per heavy atom. The molecule has 0 unspecified atom stereocenters. The number of halogens is 1. The molecule has 5 nitrogen and oxygen atoms in total. The highest BCUT2D eigenvalue weighted by Gasteiger charge is 2.07. The SMILES string of the molecule is NC(=O)NNC(=O)c1csc(I)c1. The fourth-order valence-electron chi connectivity index (χ4n) is 0.620. The number of hydrogen-bond acceptors (Lipinski definition) is 3. The normalized spacial score (nSPS) is 9.31. The number of amides is 3. The minimum Gasteiger partial charge on any atom is -0.350 e. The molecule has 13 heavy (non-hydrogen) atoms. The van der Waals surface area contributed by atoms with E-state index in [0.717, 1.165) is 2.88 Å². The van der Waals surface area contributed by atoms with E-state index in [-0.39, 0.29) is 5.91 Å². The molecular weight excluding hydrogens is 305 g/mol. The van der Waals surface area contributed by atoms with Gasteiger partial charge in [0.25, 0.3) is 5.91 Å². The zero-order chi connectivity index (χ0) is 9.84. The first-order chi connectivity index (χ1) is 6.09. The van der Waals surface area contributed by atoms with Crippen molar-refractivity contribution in [3.63, 3.8) is 0 Å². The molecule has 1 rings (SSSR count). The molecule has 0 aliphatic heterocycles. The van der Waals surface area contributed by atoms with Crippen LogP contribution in [-0.2, 0) is 0 Å². The first kappa shape index (κ1) is 10.3. The van der Waals surface area contributed by atoms with E-state index in [1.54, 1.807) is 11.4 Å². The topological polar surface area (TPSA) is 84.2 Å². The van der Waals surface area contributed by atoms with Gasteiger partial charge in [0, 0.05) is 5.38 Å². The van der Waals surface area contributed by atoms with Gasteiger partial charge in [0.2, 0.25) is 0 Å². The summed E-state index contributed by atoms with van der Waals surface area (Å²) in [7, 11) is 0. The van der Waals surface area contributed by atoms with Crippen molar-refractivity contribution in [1.29, 1.82) is 0 Å². The summed E-state index contributed by atoms with van der Waals surface area (Å²) in [4.78, 5) is 21.4. The van der Waals surface area contributed by atoms with Crippen LogP contribution in [0.1, 0.15) is 10.4 Å². The molecule has 1 heterocycles. The number of hydrogen-bond donors (Lipinski definition) is 3. The van der Waals surface area contributed by atoms with Gasteiger partial charge in [-0.1, -0.05) is 0 Å². The van der Waals surface area contributed by atoms with Gasteiger partial charge >= 0.3 is 6.03 Å². The van der Waals surface area contributed by atoms with Crippen molar-refractivity contribution in [2.24, 2.45) is 5.73 Å². The van der Waals surface area contributed by atoms with Gasteiger partial charge in [-0.3, -0.25) is 10.2 Å². The second kappa shape index (κ2) is 4.42. The van der Waals surface area contributed by atoms with Gasteiger partial charge in [-0.2, -0.15) is 0 Å². The Bertz CT molecular complexity index is 338. The minimum atomic E-state index is -0.793. The Balaban J connectivity index is 2.54. The van der Waals surface area contributed by atoms with Crippen molar-refractivity contribution in [1.82, 2.24) is 10.9 Å². The maximum absolute atomic E-state index is 11.2. The van der Waals surface area contributed by atoms with Gasteiger partial charge in [0.1, 0.15) is 0 Å². The molecule has 0 saturated carbocycles. The van der Waals surface area contributed by atoms with Crippen LogP contribution in [0.5, 0.6) is 0 Å². The summed E-state index contributed by atoms with van der Waals surface area (Å²) in [6, 6.07) is 0.918. The summed E-state index contributed by atoms with van der Waals surface area (Å²) in [5.41, 5.74) is 9.41. The number of rotatable bonds is 1. The molecule has 1 aromatic heterocycles. The van der Waals surface area contributed by atoms with E-state index in [2.05, 4.69) is 28.0 Å². The molecule has 0 aliphatic carbocycles. The van der Waals surface area contributed by atoms with Gasteiger partial charge in [-0.15, -0.1) is 11.3 Å². The standard InChI is InChI=1S/C6H6IN3O2S/c7-4-1-3(2-13-4)5(11)9-10-6(8)12/h1-2H,(H,9,11)(H3,8,10,12). The molecule has 0 atom stereocenters. The van der Waals surface area contributed by atoms with Crippen LogP contribution in [0.15, 0.2) is 11.4 Å². The van der Waals surface area contributed by atoms with Crippen LogP contribution in [-0.4, -0.2) is 11.9 Å². The zero-order valence-corrected chi connectivity index (χ0v) is 9.31. The molecule has 70 valence electrons. The number of carbonyl (C=O) groups is 2. The highest BCUT2D eigenvalue weighted by molar-refractivity contribution is 14.1. The van der Waals surface area contributed by atoms with Crippen molar-refractivity contribution in [3.8, 4) is 0 Å². The van der Waals surface area contributed by atoms with Crippen LogP contribution in [0.2, 0.25) is 0 Å². The Hall–Kier alpha value is -0.830. The number of nitrogens with two attached hydrogens (primary N) is 1. The lowest BCUT2D eigenvalue weighted by Gasteiger charge is -2.01. The van der Waals surface area contributed by atoms with E-state index >= 15 is 0 Å². The van der Waals surface area contributed by atoms with E-state index in [9.17, 15) is 9.59 Å². The van der Waals surface area contributed by atoms with Crippen molar-refractivity contribution in [2.45, 2.75) is 0 Å². The summed E-state index contributed by atoms with van der Waals surface area (Å²) < 4.78 is 1.00. The van der Waals surface area contributed by atoms with Crippen molar-refractivity contribution < 1.29 is 9.59 Å². The van der Waals surface area contributed by atoms with Gasteiger partial charge in [-0.25, -0.2) is 10.2 Å². The molecule has 0 aromatic carbocycles. The number of carbonyl (C=O) groups excluding carboxylic acids is 2. The van der Waals surface area contributed by atoms with Crippen LogP contribution in [0.3, 0.4) is 0 Å². The summed E-state index contributed by atoms with van der Waals surface area (Å²) in [6.07, 6.45) is 0. The second-order valence-corrected chi connectivity index (χ2v) is 4.89. The number of urea groups is 1. The largest absolute Gasteiger partial charge is 0.350 e. The fourth-order valence-corrected chi connectivity index (χ4v) is 1.95. The minimum absolute atomic E-state index is 0.377. The summed E-state index contributed by atoms with van der Waals surface area (Å²) in [5.74, 6) is -0.377. The predicted octanol–water partition coefficient (Wildman–Crippen LogP) is 0.666. The zero-order valence-electron chi connectivity index (χ0n) is 6.33. The lowest BCUT2D eigenvalue weighted by atomic mass is 10.3. The smallest absolute Gasteiger partial charge is 0.330 e. The van der Waals surface area contributed by atoms with Gasteiger partial charge < -0.3 is 5.73 Å². The van der Waals surface area contributed by atoms with E-state index in [0.29, 0.717) is 5.56 Å². The lowest BCUT2D eigenvalue weighted by molar-refractivity contribution is 0.0938. The molecule has 0 spiro atoms. The Kier molecular flexibility index (Phi) is 3.48. The van der Waals surface area contributed by atoms with Crippen LogP contribution >= 0.6 is 33.9 Å². The Morgan fingerprint density at radius 1 is 1.46 bits per heavy atom. The van der Waals surface area contributed by atoms with E-state index in [1.165, 1.54) is 11.3 Å². The average Bonchev–Trinajstić information content (AvgIpc) is 2.47. The van der Waals surface area contributed by atoms with E-state index in [1.807, 2.05) is 5.43 Å². The number of thiophene rings is 1. The molecule has 0 fully saturated rings. The monoisotopic (exact) mass is 311 g/mol. The number of primary amides is 1. The second-order valence-electron chi connectivity index (χ2n) is 2.08. The molecule has 7 heteroatoms. The fraction of sp³-hybridized carbons (Fsp3) is 0. The molecule has 1 aromatic rings. The van der Waals surface area contributed by atoms with Crippen LogP contribution in [0.25, 0.3) is 0 Å². The highest BCUT2D eigenvalue weighted by atomic mass is 127. The number of hydrazine groups is 1. The predicted molar refractivity (Wildman–Crippen MR) is 57.2 cm³/mol. The third-order valence-electron chi connectivity index (χ3n) is 1.13. The quantitative estimate of drug-likeness (QED) is 0.526. The maximum Gasteiger partial charge on any atom is 0.330 e. The van der Waals surface area contributed by atoms with E-state index < -0.39 is 6.03 Å². The van der Waals surface area contributed by atoms with Crippen molar-refractivity contribution >= 4 is 45.9 Å². The molecular formula is C6H6IN3O2S.